The second-order valence-corrected chi connectivity index (χ2v) is 5.80. The maximum atomic E-state index is 4.60. The highest BCUT2D eigenvalue weighted by atomic mass is 127. The van der Waals surface area contributed by atoms with Crippen LogP contribution < -0.4 is 5.32 Å². The van der Waals surface area contributed by atoms with Crippen molar-refractivity contribution in [2.45, 2.75) is 26.9 Å². The van der Waals surface area contributed by atoms with Crippen LogP contribution in [0.15, 0.2) is 16.7 Å². The van der Waals surface area contributed by atoms with Gasteiger partial charge in [0, 0.05) is 26.0 Å². The average Bonchev–Trinajstić information content (AvgIpc) is 3.03. The highest BCUT2D eigenvalue weighted by Gasteiger charge is 2.09. The Hall–Kier alpha value is -1.23. The molecule has 1 N–H and O–H groups in total. The molecule has 0 saturated heterocycles. The molecule has 0 spiro atoms. The van der Waals surface area contributed by atoms with E-state index in [1.54, 1.807) is 17.7 Å². The number of halogens is 1. The van der Waals surface area contributed by atoms with Crippen LogP contribution in [0, 0.1) is 6.92 Å². The lowest BCUT2D eigenvalue weighted by Gasteiger charge is -2.21. The van der Waals surface area contributed by atoms with E-state index in [1.807, 2.05) is 25.6 Å². The summed E-state index contributed by atoms with van der Waals surface area (Å²) in [7, 11) is 3.92. The molecule has 0 saturated carbocycles. The van der Waals surface area contributed by atoms with Gasteiger partial charge in [-0.3, -0.25) is 0 Å². The van der Waals surface area contributed by atoms with Crippen molar-refractivity contribution in [1.29, 1.82) is 0 Å². The van der Waals surface area contributed by atoms with Crippen LogP contribution in [0.1, 0.15) is 23.4 Å². The number of hydrogen-bond donors (Lipinski definition) is 1. The molecule has 122 valence electrons. The zero-order chi connectivity index (χ0) is 15.2. The van der Waals surface area contributed by atoms with Gasteiger partial charge < -0.3 is 14.8 Å². The number of aromatic nitrogens is 4. The van der Waals surface area contributed by atoms with Gasteiger partial charge in [0.15, 0.2) is 11.8 Å². The van der Waals surface area contributed by atoms with Crippen molar-refractivity contribution in [1.82, 2.24) is 30.0 Å². The Morgan fingerprint density at radius 2 is 2.27 bits per heavy atom. The molecule has 0 aromatic carbocycles. The van der Waals surface area contributed by atoms with Crippen LogP contribution in [-0.2, 0) is 20.1 Å². The number of rotatable bonds is 5. The molecule has 0 aliphatic rings. The number of aryl methyl sites for hydroxylation is 2. The fraction of sp³-hybridized carbons (Fsp3) is 0.538. The van der Waals surface area contributed by atoms with Crippen LogP contribution in [0.2, 0.25) is 0 Å². The van der Waals surface area contributed by atoms with Crippen LogP contribution >= 0.6 is 35.3 Å². The van der Waals surface area contributed by atoms with E-state index in [9.17, 15) is 0 Å². The van der Waals surface area contributed by atoms with Crippen LogP contribution in [0.4, 0.5) is 0 Å². The molecule has 2 aromatic rings. The maximum Gasteiger partial charge on any atom is 0.194 e. The third-order valence-electron chi connectivity index (χ3n) is 2.94. The van der Waals surface area contributed by atoms with Gasteiger partial charge in [0.2, 0.25) is 0 Å². The minimum Gasteiger partial charge on any atom is -0.357 e. The van der Waals surface area contributed by atoms with E-state index in [4.69, 9.17) is 0 Å². The quantitative estimate of drug-likeness (QED) is 0.441. The Morgan fingerprint density at radius 1 is 1.50 bits per heavy atom. The van der Waals surface area contributed by atoms with Crippen LogP contribution in [0.5, 0.6) is 0 Å². The summed E-state index contributed by atoms with van der Waals surface area (Å²) in [6.07, 6.45) is 1.68. The largest absolute Gasteiger partial charge is 0.357 e. The van der Waals surface area contributed by atoms with Crippen molar-refractivity contribution >= 4 is 41.3 Å². The fourth-order valence-electron chi connectivity index (χ4n) is 1.86. The lowest BCUT2D eigenvalue weighted by Crippen LogP contribution is -2.38. The van der Waals surface area contributed by atoms with Crippen LogP contribution in [-0.4, -0.2) is 44.2 Å². The van der Waals surface area contributed by atoms with Gasteiger partial charge in [0.25, 0.3) is 0 Å². The Morgan fingerprint density at radius 3 is 2.82 bits per heavy atom. The second-order valence-electron chi connectivity index (χ2n) is 4.74. The molecule has 0 aliphatic carbocycles. The van der Waals surface area contributed by atoms with E-state index in [0.717, 1.165) is 35.6 Å². The van der Waals surface area contributed by atoms with Gasteiger partial charge in [-0.15, -0.1) is 45.5 Å². The highest BCUT2D eigenvalue weighted by Crippen LogP contribution is 2.10. The second kappa shape index (κ2) is 9.03. The summed E-state index contributed by atoms with van der Waals surface area (Å²) in [5.41, 5.74) is 1.06. The van der Waals surface area contributed by atoms with E-state index in [0.29, 0.717) is 6.54 Å². The molecular weight excluding hydrogens is 413 g/mol. The predicted molar refractivity (Wildman–Crippen MR) is 99.6 cm³/mol. The molecule has 9 heteroatoms. The fourth-order valence-corrected chi connectivity index (χ4v) is 2.47. The summed E-state index contributed by atoms with van der Waals surface area (Å²) in [6.45, 7) is 6.12. The van der Waals surface area contributed by atoms with Gasteiger partial charge >= 0.3 is 0 Å². The van der Waals surface area contributed by atoms with Crippen molar-refractivity contribution in [3.8, 4) is 0 Å². The van der Waals surface area contributed by atoms with Crippen molar-refractivity contribution in [2.24, 2.45) is 12.0 Å². The summed E-state index contributed by atoms with van der Waals surface area (Å²) in [4.78, 5) is 11.2. The monoisotopic (exact) mass is 435 g/mol. The van der Waals surface area contributed by atoms with Crippen molar-refractivity contribution in [3.05, 3.63) is 28.2 Å². The third kappa shape index (κ3) is 5.20. The van der Waals surface area contributed by atoms with Crippen LogP contribution in [0.3, 0.4) is 0 Å². The van der Waals surface area contributed by atoms with E-state index < -0.39 is 0 Å². The topological polar surface area (TPSA) is 71.2 Å². The molecule has 2 rings (SSSR count). The zero-order valence-corrected chi connectivity index (χ0v) is 16.4. The standard InChI is InChI=1S/C13H21N7S.HI/c1-5-14-13(15-6-12-18-16-9-20(12)4)19(3)7-11-8-21-10(2)17-11;/h8-9H,5-7H2,1-4H3,(H,14,15);1H. The van der Waals surface area contributed by atoms with E-state index in [1.165, 1.54) is 0 Å². The molecule has 0 fully saturated rings. The summed E-state index contributed by atoms with van der Waals surface area (Å²) < 4.78 is 1.87. The number of hydrogen-bond acceptors (Lipinski definition) is 5. The molecule has 7 nitrogen and oxygen atoms in total. The average molecular weight is 435 g/mol. The lowest BCUT2D eigenvalue weighted by molar-refractivity contribution is 0.470. The number of nitrogens with zero attached hydrogens (tertiary/aromatic N) is 6. The van der Waals surface area contributed by atoms with E-state index >= 15 is 0 Å². The normalized spacial score (nSPS) is 11.2. The number of nitrogens with one attached hydrogen (secondary N) is 1. The summed E-state index contributed by atoms with van der Waals surface area (Å²) in [6, 6.07) is 0. The minimum atomic E-state index is 0. The lowest BCUT2D eigenvalue weighted by atomic mass is 10.4. The molecule has 2 heterocycles. The van der Waals surface area contributed by atoms with Gasteiger partial charge in [0.1, 0.15) is 12.9 Å². The molecule has 0 aliphatic heterocycles. The molecule has 2 aromatic heterocycles. The molecular formula is C13H22IN7S. The molecule has 0 unspecified atom stereocenters. The van der Waals surface area contributed by atoms with Gasteiger partial charge in [-0.2, -0.15) is 0 Å². The Labute approximate surface area is 151 Å². The van der Waals surface area contributed by atoms with E-state index in [2.05, 4.69) is 42.7 Å². The maximum absolute atomic E-state index is 4.60. The number of thiazole rings is 1. The van der Waals surface area contributed by atoms with Gasteiger partial charge in [0.05, 0.1) is 17.2 Å². The van der Waals surface area contributed by atoms with Gasteiger partial charge in [-0.1, -0.05) is 0 Å². The smallest absolute Gasteiger partial charge is 0.194 e. The minimum absolute atomic E-state index is 0. The Balaban J connectivity index is 0.00000242. The number of guanidine groups is 1. The first-order valence-corrected chi connectivity index (χ1v) is 7.71. The van der Waals surface area contributed by atoms with Crippen molar-refractivity contribution in [2.75, 3.05) is 13.6 Å². The summed E-state index contributed by atoms with van der Waals surface area (Å²) in [5, 5.41) is 14.4. The molecule has 0 bridgehead atoms. The van der Waals surface area contributed by atoms with E-state index in [-0.39, 0.29) is 24.0 Å². The summed E-state index contributed by atoms with van der Waals surface area (Å²) >= 11 is 1.67. The van der Waals surface area contributed by atoms with Crippen molar-refractivity contribution < 1.29 is 0 Å². The molecule has 0 atom stereocenters. The highest BCUT2D eigenvalue weighted by molar-refractivity contribution is 14.0. The van der Waals surface area contributed by atoms with Crippen LogP contribution in [0.25, 0.3) is 0 Å². The Kier molecular flexibility index (Phi) is 7.73. The SMILES string of the molecule is CCNC(=NCc1nncn1C)N(C)Cc1csc(C)n1.I. The van der Waals surface area contributed by atoms with Gasteiger partial charge in [-0.25, -0.2) is 9.98 Å². The zero-order valence-electron chi connectivity index (χ0n) is 13.3. The van der Waals surface area contributed by atoms with Crippen molar-refractivity contribution in [3.63, 3.8) is 0 Å². The molecule has 0 amide bonds. The third-order valence-corrected chi connectivity index (χ3v) is 3.76. The molecule has 0 radical (unpaired) electrons. The first kappa shape index (κ1) is 18.8. The van der Waals surface area contributed by atoms with Gasteiger partial charge in [-0.05, 0) is 13.8 Å². The first-order valence-electron chi connectivity index (χ1n) is 6.83. The summed E-state index contributed by atoms with van der Waals surface area (Å²) in [5.74, 6) is 1.68. The predicted octanol–water partition coefficient (Wildman–Crippen LogP) is 1.80. The number of aliphatic imine (C=N–C) groups is 1. The Bertz CT molecular complexity index is 607. The first-order chi connectivity index (χ1) is 10.1. The molecule has 22 heavy (non-hydrogen) atoms.